The molecule has 0 aliphatic carbocycles. The maximum Gasteiger partial charge on any atom is 0.362 e. The summed E-state index contributed by atoms with van der Waals surface area (Å²) in [6.07, 6.45) is 1.78. The van der Waals surface area contributed by atoms with Crippen LogP contribution in [0.2, 0.25) is 0 Å². The van der Waals surface area contributed by atoms with Crippen molar-refractivity contribution in [3.8, 4) is 0 Å². The van der Waals surface area contributed by atoms with Gasteiger partial charge in [-0.2, -0.15) is 0 Å². The van der Waals surface area contributed by atoms with E-state index in [0.717, 1.165) is 0 Å². The van der Waals surface area contributed by atoms with Gasteiger partial charge in [-0.3, -0.25) is 4.57 Å². The Morgan fingerprint density at radius 3 is 2.75 bits per heavy atom. The molecule has 0 amide bonds. The van der Waals surface area contributed by atoms with E-state index < -0.39 is 7.60 Å². The molecule has 0 aliphatic rings. The summed E-state index contributed by atoms with van der Waals surface area (Å²) in [5.74, 6) is 0. The average molecular weight is 188 g/mol. The highest BCUT2D eigenvalue weighted by atomic mass is 31.2. The molecule has 0 fully saturated rings. The molecule has 12 heavy (non-hydrogen) atoms. The molecule has 0 aromatic heterocycles. The van der Waals surface area contributed by atoms with E-state index in [9.17, 15) is 9.46 Å². The predicted molar refractivity (Wildman–Crippen MR) is 48.9 cm³/mol. The highest BCUT2D eigenvalue weighted by Gasteiger charge is 2.23. The first-order valence-electron chi connectivity index (χ1n) is 3.56. The van der Waals surface area contributed by atoms with Crippen LogP contribution in [0.1, 0.15) is 13.3 Å². The topological polar surface area (TPSA) is 46.5 Å². The van der Waals surface area contributed by atoms with Crippen molar-refractivity contribution in [1.82, 2.24) is 0 Å². The maximum absolute atomic E-state index is 11.3. The second-order valence-corrected chi connectivity index (χ2v) is 3.89. The third kappa shape index (κ3) is 3.21. The fourth-order valence-corrected chi connectivity index (χ4v) is 1.74. The predicted octanol–water partition coefficient (Wildman–Crippen LogP) is 2.45. The lowest BCUT2D eigenvalue weighted by Crippen LogP contribution is -1.91. The van der Waals surface area contributed by atoms with E-state index >= 15 is 0 Å². The van der Waals surface area contributed by atoms with Gasteiger partial charge in [-0.1, -0.05) is 12.7 Å². The van der Waals surface area contributed by atoms with Crippen LogP contribution in [-0.2, 0) is 9.09 Å². The summed E-state index contributed by atoms with van der Waals surface area (Å²) >= 11 is 0. The summed E-state index contributed by atoms with van der Waals surface area (Å²) in [5, 5.41) is 0.166. The van der Waals surface area contributed by atoms with E-state index in [1.807, 2.05) is 0 Å². The molecule has 0 bridgehead atoms. The van der Waals surface area contributed by atoms with Gasteiger partial charge in [-0.15, -0.1) is 12.3 Å². The number of hydrogen-bond donors (Lipinski definition) is 1. The molecule has 0 aromatic carbocycles. The number of rotatable bonds is 5. The van der Waals surface area contributed by atoms with E-state index in [1.165, 1.54) is 6.08 Å². The van der Waals surface area contributed by atoms with Crippen LogP contribution in [0.5, 0.6) is 0 Å². The molecule has 0 saturated carbocycles. The molecular formula is C8H13O3P. The van der Waals surface area contributed by atoms with Gasteiger partial charge in [-0.25, -0.2) is 0 Å². The fraction of sp³-hybridized carbons (Fsp3) is 0.375. The lowest BCUT2D eigenvalue weighted by Gasteiger charge is -2.10. The summed E-state index contributed by atoms with van der Waals surface area (Å²) in [4.78, 5) is 9.25. The highest BCUT2D eigenvalue weighted by Crippen LogP contribution is 2.51. The van der Waals surface area contributed by atoms with Gasteiger partial charge in [0.1, 0.15) is 0 Å². The molecule has 0 spiro atoms. The fourth-order valence-electron chi connectivity index (χ4n) is 0.677. The van der Waals surface area contributed by atoms with Crippen molar-refractivity contribution in [3.63, 3.8) is 0 Å². The second kappa shape index (κ2) is 5.13. The number of hydrogen-bond acceptors (Lipinski definition) is 2. The smallest absolute Gasteiger partial charge is 0.321 e. The Bertz CT molecular complexity index is 251. The van der Waals surface area contributed by atoms with Crippen molar-refractivity contribution < 1.29 is 14.0 Å². The van der Waals surface area contributed by atoms with Gasteiger partial charge in [0, 0.05) is 6.42 Å². The number of allylic oxidation sites excluding steroid dienone is 2. The SMILES string of the molecule is C=C=C(CC=C)P(=O)(O)OCC. The Hall–Kier alpha value is -0.590. The summed E-state index contributed by atoms with van der Waals surface area (Å²) in [6.45, 7) is 8.59. The standard InChI is InChI=1S/C8H13O3P/c1-4-7-8(5-2)12(9,10)11-6-3/h4H,1-2,6-7H2,3H3,(H,9,10). The van der Waals surface area contributed by atoms with Crippen molar-refractivity contribution in [2.75, 3.05) is 6.61 Å². The van der Waals surface area contributed by atoms with Crippen LogP contribution < -0.4 is 0 Å². The van der Waals surface area contributed by atoms with Crippen LogP contribution in [0.25, 0.3) is 0 Å². The lowest BCUT2D eigenvalue weighted by molar-refractivity contribution is 0.280. The lowest BCUT2D eigenvalue weighted by atomic mass is 10.4. The normalized spacial score (nSPS) is 14.5. The van der Waals surface area contributed by atoms with Gasteiger partial charge in [-0.05, 0) is 6.92 Å². The Labute approximate surface area is 72.6 Å². The summed E-state index contributed by atoms with van der Waals surface area (Å²) in [7, 11) is -3.65. The van der Waals surface area contributed by atoms with E-state index in [4.69, 9.17) is 0 Å². The molecule has 68 valence electrons. The summed E-state index contributed by atoms with van der Waals surface area (Å²) < 4.78 is 15.9. The van der Waals surface area contributed by atoms with Crippen molar-refractivity contribution >= 4 is 7.60 Å². The van der Waals surface area contributed by atoms with Gasteiger partial charge in [0.25, 0.3) is 0 Å². The van der Waals surface area contributed by atoms with Crippen molar-refractivity contribution in [2.45, 2.75) is 13.3 Å². The molecule has 1 unspecified atom stereocenters. The highest BCUT2D eigenvalue weighted by molar-refractivity contribution is 7.57. The third-order valence-corrected chi connectivity index (χ3v) is 2.82. The zero-order valence-electron chi connectivity index (χ0n) is 7.12. The van der Waals surface area contributed by atoms with Gasteiger partial charge >= 0.3 is 7.60 Å². The van der Waals surface area contributed by atoms with Crippen LogP contribution in [0.3, 0.4) is 0 Å². The van der Waals surface area contributed by atoms with Crippen molar-refractivity contribution in [1.29, 1.82) is 0 Å². The van der Waals surface area contributed by atoms with Crippen LogP contribution in [0.4, 0.5) is 0 Å². The van der Waals surface area contributed by atoms with Gasteiger partial charge < -0.3 is 9.42 Å². The Morgan fingerprint density at radius 1 is 1.83 bits per heavy atom. The summed E-state index contributed by atoms with van der Waals surface area (Å²) in [5.41, 5.74) is 2.39. The first-order chi connectivity index (χ1) is 5.58. The maximum atomic E-state index is 11.3. The molecule has 1 atom stereocenters. The second-order valence-electron chi connectivity index (χ2n) is 2.05. The minimum Gasteiger partial charge on any atom is -0.321 e. The van der Waals surface area contributed by atoms with Crippen LogP contribution in [-0.4, -0.2) is 11.5 Å². The zero-order valence-corrected chi connectivity index (χ0v) is 8.01. The van der Waals surface area contributed by atoms with Crippen molar-refractivity contribution in [2.24, 2.45) is 0 Å². The van der Waals surface area contributed by atoms with E-state index in [-0.39, 0.29) is 18.3 Å². The largest absolute Gasteiger partial charge is 0.362 e. The average Bonchev–Trinajstić information content (AvgIpc) is 1.99. The Kier molecular flexibility index (Phi) is 4.87. The minimum absolute atomic E-state index is 0.166. The molecule has 4 heteroatoms. The van der Waals surface area contributed by atoms with E-state index in [2.05, 4.69) is 23.4 Å². The van der Waals surface area contributed by atoms with Crippen LogP contribution in [0, 0.1) is 0 Å². The molecule has 0 rings (SSSR count). The third-order valence-electron chi connectivity index (χ3n) is 1.19. The molecule has 1 N–H and O–H groups in total. The first kappa shape index (κ1) is 11.4. The van der Waals surface area contributed by atoms with Crippen molar-refractivity contribution in [3.05, 3.63) is 30.3 Å². The minimum atomic E-state index is -3.65. The van der Waals surface area contributed by atoms with Gasteiger partial charge in [0.2, 0.25) is 0 Å². The zero-order chi connectivity index (χ0) is 9.61. The Balaban J connectivity index is 4.61. The van der Waals surface area contributed by atoms with Crippen LogP contribution in [0.15, 0.2) is 30.3 Å². The first-order valence-corrected chi connectivity index (χ1v) is 5.14. The van der Waals surface area contributed by atoms with Gasteiger partial charge in [0.15, 0.2) is 0 Å². The molecule has 0 aliphatic heterocycles. The molecular weight excluding hydrogens is 175 g/mol. The molecule has 3 nitrogen and oxygen atoms in total. The van der Waals surface area contributed by atoms with E-state index in [1.54, 1.807) is 6.92 Å². The van der Waals surface area contributed by atoms with Crippen LogP contribution >= 0.6 is 7.60 Å². The molecule has 0 radical (unpaired) electrons. The Morgan fingerprint density at radius 2 is 2.42 bits per heavy atom. The molecule has 0 saturated heterocycles. The molecule has 0 heterocycles. The monoisotopic (exact) mass is 188 g/mol. The summed E-state index contributed by atoms with van der Waals surface area (Å²) in [6, 6.07) is 0. The molecule has 0 aromatic rings. The quantitative estimate of drug-likeness (QED) is 0.409. The van der Waals surface area contributed by atoms with Gasteiger partial charge in [0.05, 0.1) is 11.9 Å². The van der Waals surface area contributed by atoms with E-state index in [0.29, 0.717) is 0 Å².